The summed E-state index contributed by atoms with van der Waals surface area (Å²) in [4.78, 5) is 12.8. The number of ketones is 1. The van der Waals surface area contributed by atoms with Crippen LogP contribution in [0, 0.1) is 13.8 Å². The highest BCUT2D eigenvalue weighted by Crippen LogP contribution is 2.35. The number of benzene rings is 2. The molecule has 0 spiro atoms. The average molecular weight is 368 g/mol. The van der Waals surface area contributed by atoms with Crippen molar-refractivity contribution in [3.8, 4) is 11.1 Å². The lowest BCUT2D eigenvalue weighted by Gasteiger charge is -2.24. The molecule has 1 atom stereocenters. The molecular formula is C23H20N4O. The van der Waals surface area contributed by atoms with Gasteiger partial charge >= 0.3 is 0 Å². The number of nitrogens with zero attached hydrogens (tertiary/aromatic N) is 4. The molecule has 5 rings (SSSR count). The Bertz CT molecular complexity index is 1210. The van der Waals surface area contributed by atoms with E-state index >= 15 is 0 Å². The van der Waals surface area contributed by atoms with Gasteiger partial charge in [0.1, 0.15) is 0 Å². The molecule has 0 bridgehead atoms. The first-order valence-electron chi connectivity index (χ1n) is 9.52. The lowest BCUT2D eigenvalue weighted by molar-refractivity contribution is 0.0955. The molecule has 0 unspecified atom stereocenters. The minimum Gasteiger partial charge on any atom is -0.292 e. The standard InChI is InChI=1S/C23H20N4O/c1-14-8-6-7-11-18(14)17-12-19-22(20(28)13-17)24-25-23-21(15(2)26-27(19)23)16-9-4-3-5-10-16/h3-11,17H,12-13H2,1-2H3/t17-/m1/s1. The average Bonchev–Trinajstić information content (AvgIpc) is 3.05. The topological polar surface area (TPSA) is 60.2 Å². The van der Waals surface area contributed by atoms with Crippen LogP contribution in [-0.4, -0.2) is 25.6 Å². The van der Waals surface area contributed by atoms with Crippen LogP contribution in [-0.2, 0) is 6.42 Å². The molecule has 0 amide bonds. The number of carbonyl (C=O) groups is 1. The quantitative estimate of drug-likeness (QED) is 0.529. The maximum Gasteiger partial charge on any atom is 0.185 e. The fourth-order valence-electron chi connectivity index (χ4n) is 4.28. The predicted molar refractivity (Wildman–Crippen MR) is 108 cm³/mol. The molecule has 138 valence electrons. The first-order chi connectivity index (χ1) is 13.6. The summed E-state index contributed by atoms with van der Waals surface area (Å²) in [6, 6.07) is 18.4. The molecule has 2 aromatic carbocycles. The molecule has 0 saturated heterocycles. The molecular weight excluding hydrogens is 348 g/mol. The maximum atomic E-state index is 12.8. The van der Waals surface area contributed by atoms with Crippen molar-refractivity contribution in [2.24, 2.45) is 0 Å². The summed E-state index contributed by atoms with van der Waals surface area (Å²) in [5.41, 5.74) is 7.38. The second-order valence-corrected chi connectivity index (χ2v) is 7.44. The van der Waals surface area contributed by atoms with Crippen LogP contribution in [0.1, 0.15) is 45.3 Å². The largest absolute Gasteiger partial charge is 0.292 e. The van der Waals surface area contributed by atoms with Crippen LogP contribution in [0.15, 0.2) is 54.6 Å². The number of hydrogen-bond acceptors (Lipinski definition) is 4. The normalized spacial score (nSPS) is 16.4. The zero-order valence-electron chi connectivity index (χ0n) is 15.9. The smallest absolute Gasteiger partial charge is 0.185 e. The Kier molecular flexibility index (Phi) is 3.83. The zero-order valence-corrected chi connectivity index (χ0v) is 15.9. The lowest BCUT2D eigenvalue weighted by atomic mass is 9.82. The van der Waals surface area contributed by atoms with E-state index in [4.69, 9.17) is 5.10 Å². The SMILES string of the molecule is Cc1ccccc1[C@H]1CC(=O)c2nnc3c(-c4ccccc4)c(C)nn3c2C1. The molecule has 0 aliphatic heterocycles. The molecule has 5 heteroatoms. The molecule has 0 N–H and O–H groups in total. The molecule has 4 aromatic rings. The Balaban J connectivity index is 1.69. The van der Waals surface area contributed by atoms with E-state index in [0.717, 1.165) is 28.9 Å². The number of Topliss-reactive ketones (excluding diaryl/α,β-unsaturated/α-hetero) is 1. The van der Waals surface area contributed by atoms with Crippen LogP contribution in [0.2, 0.25) is 0 Å². The second kappa shape index (κ2) is 6.37. The van der Waals surface area contributed by atoms with Gasteiger partial charge in [-0.05, 0) is 42.9 Å². The fourth-order valence-corrected chi connectivity index (χ4v) is 4.28. The molecule has 2 heterocycles. The molecule has 0 radical (unpaired) electrons. The summed E-state index contributed by atoms with van der Waals surface area (Å²) < 4.78 is 1.84. The van der Waals surface area contributed by atoms with Crippen molar-refractivity contribution in [1.82, 2.24) is 19.8 Å². The Morgan fingerprint density at radius 1 is 0.929 bits per heavy atom. The van der Waals surface area contributed by atoms with E-state index in [1.165, 1.54) is 11.1 Å². The maximum absolute atomic E-state index is 12.8. The van der Waals surface area contributed by atoms with Gasteiger partial charge < -0.3 is 0 Å². The van der Waals surface area contributed by atoms with Gasteiger partial charge in [-0.25, -0.2) is 4.52 Å². The summed E-state index contributed by atoms with van der Waals surface area (Å²) in [5, 5.41) is 13.5. The van der Waals surface area contributed by atoms with E-state index in [2.05, 4.69) is 29.3 Å². The summed E-state index contributed by atoms with van der Waals surface area (Å²) in [5.74, 6) is 0.177. The third kappa shape index (κ3) is 2.54. The fraction of sp³-hybridized carbons (Fsp3) is 0.217. The molecule has 5 nitrogen and oxygen atoms in total. The van der Waals surface area contributed by atoms with E-state index in [1.807, 2.05) is 53.9 Å². The van der Waals surface area contributed by atoms with Gasteiger partial charge in [-0.2, -0.15) is 5.10 Å². The van der Waals surface area contributed by atoms with Gasteiger partial charge in [0.25, 0.3) is 0 Å². The van der Waals surface area contributed by atoms with Crippen molar-refractivity contribution in [1.29, 1.82) is 0 Å². The third-order valence-electron chi connectivity index (χ3n) is 5.64. The van der Waals surface area contributed by atoms with Crippen molar-refractivity contribution < 1.29 is 4.79 Å². The van der Waals surface area contributed by atoms with Gasteiger partial charge in [-0.1, -0.05) is 54.6 Å². The summed E-state index contributed by atoms with van der Waals surface area (Å²) >= 11 is 0. The molecule has 1 aliphatic rings. The molecule has 28 heavy (non-hydrogen) atoms. The molecule has 0 fully saturated rings. The third-order valence-corrected chi connectivity index (χ3v) is 5.64. The highest BCUT2D eigenvalue weighted by atomic mass is 16.1. The first kappa shape index (κ1) is 16.8. The van der Waals surface area contributed by atoms with Crippen LogP contribution in [0.4, 0.5) is 0 Å². The molecule has 1 aliphatic carbocycles. The monoisotopic (exact) mass is 368 g/mol. The number of aromatic nitrogens is 4. The van der Waals surface area contributed by atoms with Crippen LogP contribution in [0.5, 0.6) is 0 Å². The number of aryl methyl sites for hydroxylation is 2. The Morgan fingerprint density at radius 3 is 2.46 bits per heavy atom. The van der Waals surface area contributed by atoms with Crippen LogP contribution in [0.3, 0.4) is 0 Å². The summed E-state index contributed by atoms with van der Waals surface area (Å²) in [6.07, 6.45) is 1.19. The van der Waals surface area contributed by atoms with Gasteiger partial charge in [-0.15, -0.1) is 10.2 Å². The van der Waals surface area contributed by atoms with Gasteiger partial charge in [0.15, 0.2) is 17.1 Å². The van der Waals surface area contributed by atoms with Crippen LogP contribution < -0.4 is 0 Å². The summed E-state index contributed by atoms with van der Waals surface area (Å²) in [6.45, 7) is 4.08. The van der Waals surface area contributed by atoms with E-state index in [1.54, 1.807) is 0 Å². The highest BCUT2D eigenvalue weighted by molar-refractivity contribution is 5.97. The minimum absolute atomic E-state index is 0.0401. The summed E-state index contributed by atoms with van der Waals surface area (Å²) in [7, 11) is 0. The van der Waals surface area contributed by atoms with Crippen molar-refractivity contribution in [3.05, 3.63) is 82.8 Å². The van der Waals surface area contributed by atoms with Gasteiger partial charge in [0.2, 0.25) is 0 Å². The highest BCUT2D eigenvalue weighted by Gasteiger charge is 2.32. The van der Waals surface area contributed by atoms with Crippen molar-refractivity contribution in [2.75, 3.05) is 0 Å². The van der Waals surface area contributed by atoms with E-state index < -0.39 is 0 Å². The Morgan fingerprint density at radius 2 is 1.68 bits per heavy atom. The Labute approximate surface area is 163 Å². The van der Waals surface area contributed by atoms with Crippen molar-refractivity contribution >= 4 is 11.4 Å². The van der Waals surface area contributed by atoms with E-state index in [0.29, 0.717) is 17.8 Å². The van der Waals surface area contributed by atoms with Gasteiger partial charge in [-0.3, -0.25) is 4.79 Å². The van der Waals surface area contributed by atoms with Crippen LogP contribution in [0.25, 0.3) is 16.8 Å². The van der Waals surface area contributed by atoms with Crippen molar-refractivity contribution in [3.63, 3.8) is 0 Å². The first-order valence-corrected chi connectivity index (χ1v) is 9.52. The molecule has 2 aromatic heterocycles. The molecule has 0 saturated carbocycles. The van der Waals surface area contributed by atoms with Crippen LogP contribution >= 0.6 is 0 Å². The lowest BCUT2D eigenvalue weighted by Crippen LogP contribution is -2.24. The number of carbonyl (C=O) groups excluding carboxylic acids is 1. The minimum atomic E-state index is 0.0401. The van der Waals surface area contributed by atoms with Gasteiger partial charge in [0, 0.05) is 6.42 Å². The van der Waals surface area contributed by atoms with Crippen molar-refractivity contribution in [2.45, 2.75) is 32.6 Å². The van der Waals surface area contributed by atoms with Gasteiger partial charge in [0.05, 0.1) is 17.0 Å². The Hall–Kier alpha value is -3.34. The number of fused-ring (bicyclic) bond motifs is 3. The second-order valence-electron chi connectivity index (χ2n) is 7.44. The van der Waals surface area contributed by atoms with E-state index in [-0.39, 0.29) is 11.7 Å². The number of rotatable bonds is 2. The van der Waals surface area contributed by atoms with E-state index in [9.17, 15) is 4.79 Å². The zero-order chi connectivity index (χ0) is 19.3. The number of hydrogen-bond donors (Lipinski definition) is 0. The predicted octanol–water partition coefficient (Wildman–Crippen LogP) is 4.32.